The van der Waals surface area contributed by atoms with Gasteiger partial charge in [0.2, 0.25) is 0 Å². The minimum atomic E-state index is 0.725. The molecule has 0 saturated heterocycles. The van der Waals surface area contributed by atoms with Gasteiger partial charge < -0.3 is 0 Å². The van der Waals surface area contributed by atoms with Gasteiger partial charge >= 0.3 is 0 Å². The Morgan fingerprint density at radius 1 is 0.333 bits per heavy atom. The molecule has 196 valence electrons. The summed E-state index contributed by atoms with van der Waals surface area (Å²) in [6.45, 7) is 0. The maximum Gasteiger partial charge on any atom is 0.160 e. The molecule has 0 N–H and O–H groups in total. The van der Waals surface area contributed by atoms with Crippen molar-refractivity contribution in [2.24, 2.45) is 0 Å². The predicted molar refractivity (Wildman–Crippen MR) is 176 cm³/mol. The Kier molecular flexibility index (Phi) is 5.82. The summed E-state index contributed by atoms with van der Waals surface area (Å²) in [5.74, 6) is 0.725. The normalized spacial score (nSPS) is 11.3. The molecule has 1 heterocycles. The van der Waals surface area contributed by atoms with Gasteiger partial charge in [0, 0.05) is 21.9 Å². The lowest BCUT2D eigenvalue weighted by Gasteiger charge is -2.15. The number of hydrogen-bond donors (Lipinski definition) is 0. The number of nitrogens with zero attached hydrogens (tertiary/aromatic N) is 2. The molecule has 0 fully saturated rings. The molecule has 0 radical (unpaired) electrons. The molecule has 7 aromatic carbocycles. The molecule has 2 heteroatoms. The summed E-state index contributed by atoms with van der Waals surface area (Å²) >= 11 is 0. The van der Waals surface area contributed by atoms with Crippen molar-refractivity contribution in [2.45, 2.75) is 0 Å². The van der Waals surface area contributed by atoms with Crippen LogP contribution in [0.15, 0.2) is 158 Å². The van der Waals surface area contributed by atoms with Crippen molar-refractivity contribution in [3.05, 3.63) is 158 Å². The summed E-state index contributed by atoms with van der Waals surface area (Å²) < 4.78 is 0. The lowest BCUT2D eigenvalue weighted by molar-refractivity contribution is 1.23. The maximum absolute atomic E-state index is 5.24. The first kappa shape index (κ1) is 24.2. The third-order valence-corrected chi connectivity index (χ3v) is 8.08. The van der Waals surface area contributed by atoms with Crippen LogP contribution in [0.4, 0.5) is 0 Å². The zero-order valence-corrected chi connectivity index (χ0v) is 22.9. The largest absolute Gasteiger partial charge is 0.227 e. The monoisotopic (exact) mass is 534 g/mol. The van der Waals surface area contributed by atoms with Gasteiger partial charge in [-0.15, -0.1) is 0 Å². The van der Waals surface area contributed by atoms with Crippen molar-refractivity contribution in [1.82, 2.24) is 9.97 Å². The summed E-state index contributed by atoms with van der Waals surface area (Å²) in [4.78, 5) is 10.5. The van der Waals surface area contributed by atoms with Crippen molar-refractivity contribution in [2.75, 3.05) is 0 Å². The Hall–Kier alpha value is -5.60. The van der Waals surface area contributed by atoms with Crippen LogP contribution in [-0.2, 0) is 0 Å². The Bertz CT molecular complexity index is 2210. The Balaban J connectivity index is 1.35. The third kappa shape index (κ3) is 4.13. The van der Waals surface area contributed by atoms with Crippen LogP contribution in [0.5, 0.6) is 0 Å². The molecule has 8 rings (SSSR count). The zero-order valence-electron chi connectivity index (χ0n) is 22.9. The molecule has 0 aliphatic rings. The molecule has 0 unspecified atom stereocenters. The molecule has 0 bridgehead atoms. The number of fused-ring (bicyclic) bond motifs is 4. The fraction of sp³-hybridized carbons (Fsp3) is 0. The Morgan fingerprint density at radius 2 is 0.905 bits per heavy atom. The average Bonchev–Trinajstić information content (AvgIpc) is 3.08. The zero-order chi connectivity index (χ0) is 27.9. The van der Waals surface area contributed by atoms with E-state index in [0.29, 0.717) is 0 Å². The van der Waals surface area contributed by atoms with Crippen LogP contribution in [-0.4, -0.2) is 9.97 Å². The second-order valence-electron chi connectivity index (χ2n) is 10.6. The highest BCUT2D eigenvalue weighted by Gasteiger charge is 2.17. The first-order valence-corrected chi connectivity index (χ1v) is 14.3. The summed E-state index contributed by atoms with van der Waals surface area (Å²) in [7, 11) is 0. The smallest absolute Gasteiger partial charge is 0.160 e. The lowest BCUT2D eigenvalue weighted by Crippen LogP contribution is -1.97. The van der Waals surface area contributed by atoms with Crippen LogP contribution in [0.2, 0.25) is 0 Å². The van der Waals surface area contributed by atoms with E-state index in [1.54, 1.807) is 0 Å². The van der Waals surface area contributed by atoms with Crippen LogP contribution in [0.25, 0.3) is 77.3 Å². The van der Waals surface area contributed by atoms with Gasteiger partial charge in [-0.1, -0.05) is 152 Å². The van der Waals surface area contributed by atoms with Gasteiger partial charge in [0.1, 0.15) is 0 Å². The summed E-state index contributed by atoms with van der Waals surface area (Å²) in [5.41, 5.74) is 8.75. The fourth-order valence-electron chi connectivity index (χ4n) is 6.04. The SMILES string of the molecule is c1ccc(-c2cc3c(-c4ccccc4)nc(-c4ccc(-c5cccc6ccccc56)cc4)nc3c3ccccc23)cc1. The van der Waals surface area contributed by atoms with E-state index in [9.17, 15) is 0 Å². The second-order valence-corrected chi connectivity index (χ2v) is 10.6. The molecular formula is C40H26N2. The topological polar surface area (TPSA) is 25.8 Å². The minimum Gasteiger partial charge on any atom is -0.227 e. The minimum absolute atomic E-state index is 0.725. The predicted octanol–water partition coefficient (Wildman–Crippen LogP) is 10.6. The molecule has 1 aromatic heterocycles. The molecule has 2 nitrogen and oxygen atoms in total. The number of rotatable bonds is 4. The van der Waals surface area contributed by atoms with Gasteiger partial charge in [-0.2, -0.15) is 0 Å². The number of aromatic nitrogens is 2. The molecule has 42 heavy (non-hydrogen) atoms. The molecule has 0 aliphatic heterocycles. The Morgan fingerprint density at radius 3 is 1.67 bits per heavy atom. The first-order chi connectivity index (χ1) is 20.8. The molecular weight excluding hydrogens is 508 g/mol. The Labute approximate surface area is 244 Å². The third-order valence-electron chi connectivity index (χ3n) is 8.08. The van der Waals surface area contributed by atoms with E-state index in [0.717, 1.165) is 38.9 Å². The summed E-state index contributed by atoms with van der Waals surface area (Å²) in [5, 5.41) is 5.86. The van der Waals surface area contributed by atoms with E-state index >= 15 is 0 Å². The van der Waals surface area contributed by atoms with Crippen molar-refractivity contribution in [3.8, 4) is 44.9 Å². The van der Waals surface area contributed by atoms with E-state index in [2.05, 4.69) is 152 Å². The van der Waals surface area contributed by atoms with Crippen molar-refractivity contribution in [1.29, 1.82) is 0 Å². The summed E-state index contributed by atoms with van der Waals surface area (Å²) in [6.07, 6.45) is 0. The quantitative estimate of drug-likeness (QED) is 0.210. The van der Waals surface area contributed by atoms with Crippen LogP contribution in [0.1, 0.15) is 0 Å². The highest BCUT2D eigenvalue weighted by atomic mass is 14.9. The van der Waals surface area contributed by atoms with Crippen molar-refractivity contribution < 1.29 is 0 Å². The highest BCUT2D eigenvalue weighted by molar-refractivity contribution is 6.15. The summed E-state index contributed by atoms with van der Waals surface area (Å²) in [6, 6.07) is 55.5. The van der Waals surface area contributed by atoms with E-state index in [1.807, 2.05) is 6.07 Å². The van der Waals surface area contributed by atoms with Gasteiger partial charge in [0.25, 0.3) is 0 Å². The van der Waals surface area contributed by atoms with E-state index in [1.165, 1.54) is 38.4 Å². The maximum atomic E-state index is 5.24. The molecule has 0 atom stereocenters. The second kappa shape index (κ2) is 10.1. The van der Waals surface area contributed by atoms with Gasteiger partial charge in [-0.3, -0.25) is 0 Å². The lowest BCUT2D eigenvalue weighted by atomic mass is 9.93. The average molecular weight is 535 g/mol. The fourth-order valence-corrected chi connectivity index (χ4v) is 6.04. The van der Waals surface area contributed by atoms with E-state index in [4.69, 9.17) is 9.97 Å². The molecule has 0 aliphatic carbocycles. The van der Waals surface area contributed by atoms with Crippen LogP contribution in [0.3, 0.4) is 0 Å². The van der Waals surface area contributed by atoms with Crippen LogP contribution in [0, 0.1) is 0 Å². The van der Waals surface area contributed by atoms with Crippen molar-refractivity contribution >= 4 is 32.4 Å². The van der Waals surface area contributed by atoms with E-state index < -0.39 is 0 Å². The van der Waals surface area contributed by atoms with Crippen LogP contribution < -0.4 is 0 Å². The molecule has 0 saturated carbocycles. The van der Waals surface area contributed by atoms with E-state index in [-0.39, 0.29) is 0 Å². The molecule has 0 amide bonds. The standard InChI is InChI=1S/C40H26N2/c1-3-12-28(13-4-1)36-26-37-38(30-15-5-2-6-16-30)41-40(42-39(37)35-20-10-9-19-34(35)36)31-24-22-29(23-25-31)33-21-11-17-27-14-7-8-18-32(27)33/h1-26H. The van der Waals surface area contributed by atoms with Crippen molar-refractivity contribution in [3.63, 3.8) is 0 Å². The first-order valence-electron chi connectivity index (χ1n) is 14.3. The highest BCUT2D eigenvalue weighted by Crippen LogP contribution is 2.39. The van der Waals surface area contributed by atoms with Gasteiger partial charge in [-0.25, -0.2) is 9.97 Å². The van der Waals surface area contributed by atoms with Crippen LogP contribution >= 0.6 is 0 Å². The molecule has 8 aromatic rings. The number of hydrogen-bond acceptors (Lipinski definition) is 2. The van der Waals surface area contributed by atoms with Gasteiger partial charge in [0.15, 0.2) is 5.82 Å². The van der Waals surface area contributed by atoms with Gasteiger partial charge in [0.05, 0.1) is 11.2 Å². The molecule has 0 spiro atoms. The number of benzene rings is 7. The van der Waals surface area contributed by atoms with Gasteiger partial charge in [-0.05, 0) is 44.5 Å².